The summed E-state index contributed by atoms with van der Waals surface area (Å²) < 4.78 is 5.47. The van der Waals surface area contributed by atoms with E-state index in [4.69, 9.17) is 10.5 Å². The normalized spacial score (nSPS) is 27.5. The van der Waals surface area contributed by atoms with Crippen molar-refractivity contribution in [3.63, 3.8) is 0 Å². The third kappa shape index (κ3) is 3.20. The molecule has 2 aliphatic heterocycles. The third-order valence-corrected chi connectivity index (χ3v) is 3.54. The van der Waals surface area contributed by atoms with E-state index in [1.165, 1.54) is 0 Å². The number of hydrogen-bond donors (Lipinski definition) is 2. The van der Waals surface area contributed by atoms with E-state index in [-0.39, 0.29) is 24.5 Å². The minimum atomic E-state index is -0.440. The Hall–Kier alpha value is -1.14. The lowest BCUT2D eigenvalue weighted by molar-refractivity contribution is -0.136. The Bertz CT molecular complexity index is 316. The van der Waals surface area contributed by atoms with Crippen molar-refractivity contribution in [1.29, 1.82) is 0 Å². The zero-order chi connectivity index (χ0) is 13.0. The Kier molecular flexibility index (Phi) is 4.54. The van der Waals surface area contributed by atoms with Crippen LogP contribution in [0.1, 0.15) is 25.7 Å². The van der Waals surface area contributed by atoms with E-state index in [0.717, 1.165) is 32.4 Å². The highest BCUT2D eigenvalue weighted by Crippen LogP contribution is 2.18. The van der Waals surface area contributed by atoms with Gasteiger partial charge in [-0.1, -0.05) is 0 Å². The van der Waals surface area contributed by atoms with Gasteiger partial charge in [-0.15, -0.1) is 0 Å². The van der Waals surface area contributed by atoms with Crippen LogP contribution in [0.15, 0.2) is 0 Å². The molecule has 2 saturated heterocycles. The number of nitrogens with two attached hydrogens (primary N) is 1. The van der Waals surface area contributed by atoms with Crippen LogP contribution in [0.3, 0.4) is 0 Å². The molecule has 0 aromatic heterocycles. The molecule has 6 heteroatoms. The van der Waals surface area contributed by atoms with Crippen LogP contribution in [-0.2, 0) is 14.3 Å². The van der Waals surface area contributed by atoms with Gasteiger partial charge in [0.15, 0.2) is 0 Å². The molecule has 6 nitrogen and oxygen atoms in total. The molecule has 0 aromatic rings. The van der Waals surface area contributed by atoms with Crippen LogP contribution in [-0.4, -0.2) is 55.1 Å². The smallest absolute Gasteiger partial charge is 0.249 e. The summed E-state index contributed by atoms with van der Waals surface area (Å²) in [7, 11) is 0. The summed E-state index contributed by atoms with van der Waals surface area (Å²) in [4.78, 5) is 25.3. The predicted molar refractivity (Wildman–Crippen MR) is 65.8 cm³/mol. The van der Waals surface area contributed by atoms with Crippen molar-refractivity contribution < 1.29 is 14.3 Å². The topological polar surface area (TPSA) is 84.7 Å². The highest BCUT2D eigenvalue weighted by atomic mass is 16.5. The van der Waals surface area contributed by atoms with E-state index in [2.05, 4.69) is 5.32 Å². The van der Waals surface area contributed by atoms with Crippen molar-refractivity contribution in [3.8, 4) is 0 Å². The van der Waals surface area contributed by atoms with Gasteiger partial charge in [-0.05, 0) is 25.7 Å². The maximum Gasteiger partial charge on any atom is 0.249 e. The zero-order valence-corrected chi connectivity index (χ0v) is 10.6. The summed E-state index contributed by atoms with van der Waals surface area (Å²) in [6.45, 7) is 2.14. The van der Waals surface area contributed by atoms with Gasteiger partial charge in [0.05, 0.1) is 12.6 Å². The molecule has 0 radical (unpaired) electrons. The van der Waals surface area contributed by atoms with E-state index in [9.17, 15) is 9.59 Å². The number of carbonyl (C=O) groups excluding carboxylic acids is 2. The second-order valence-corrected chi connectivity index (χ2v) is 4.87. The van der Waals surface area contributed by atoms with Crippen molar-refractivity contribution in [3.05, 3.63) is 0 Å². The van der Waals surface area contributed by atoms with Gasteiger partial charge in [-0.25, -0.2) is 0 Å². The second kappa shape index (κ2) is 6.15. The van der Waals surface area contributed by atoms with Crippen LogP contribution in [0.25, 0.3) is 0 Å². The molecule has 0 bridgehead atoms. The molecule has 2 amide bonds. The number of hydrogen-bond acceptors (Lipinski definition) is 4. The Morgan fingerprint density at radius 3 is 2.61 bits per heavy atom. The average Bonchev–Trinajstić information content (AvgIpc) is 3.05. The first-order chi connectivity index (χ1) is 8.70. The minimum absolute atomic E-state index is 0.00535. The summed E-state index contributed by atoms with van der Waals surface area (Å²) in [5.41, 5.74) is 5.48. The van der Waals surface area contributed by atoms with E-state index >= 15 is 0 Å². The molecule has 2 aliphatic rings. The van der Waals surface area contributed by atoms with Crippen LogP contribution >= 0.6 is 0 Å². The zero-order valence-electron chi connectivity index (χ0n) is 10.6. The third-order valence-electron chi connectivity index (χ3n) is 3.54. The Morgan fingerprint density at radius 1 is 1.28 bits per heavy atom. The lowest BCUT2D eigenvalue weighted by Gasteiger charge is -2.17. The molecule has 2 fully saturated rings. The Labute approximate surface area is 107 Å². The highest BCUT2D eigenvalue weighted by Gasteiger charge is 2.30. The van der Waals surface area contributed by atoms with Crippen molar-refractivity contribution in [2.24, 2.45) is 5.73 Å². The maximum atomic E-state index is 11.8. The van der Waals surface area contributed by atoms with Gasteiger partial charge in [0.1, 0.15) is 6.10 Å². The molecule has 0 spiro atoms. The second-order valence-electron chi connectivity index (χ2n) is 4.87. The lowest BCUT2D eigenvalue weighted by Crippen LogP contribution is -2.42. The van der Waals surface area contributed by atoms with E-state index in [1.54, 1.807) is 4.90 Å². The lowest BCUT2D eigenvalue weighted by atomic mass is 10.2. The molecule has 2 rings (SSSR count). The molecular weight excluding hydrogens is 234 g/mol. The molecule has 3 N–H and O–H groups in total. The Balaban J connectivity index is 1.70. The van der Waals surface area contributed by atoms with Gasteiger partial charge in [0.2, 0.25) is 11.8 Å². The number of carbonyl (C=O) groups is 2. The van der Waals surface area contributed by atoms with Gasteiger partial charge in [-0.2, -0.15) is 0 Å². The Morgan fingerprint density at radius 2 is 2.00 bits per heavy atom. The fourth-order valence-corrected chi connectivity index (χ4v) is 2.43. The molecule has 18 heavy (non-hydrogen) atoms. The number of nitrogens with zero attached hydrogens (tertiary/aromatic N) is 1. The summed E-state index contributed by atoms with van der Waals surface area (Å²) in [5, 5.41) is 2.65. The minimum Gasteiger partial charge on any atom is -0.364 e. The van der Waals surface area contributed by atoms with Crippen LogP contribution < -0.4 is 11.1 Å². The predicted octanol–water partition coefficient (Wildman–Crippen LogP) is -0.769. The first kappa shape index (κ1) is 13.3. The van der Waals surface area contributed by atoms with E-state index < -0.39 is 6.10 Å². The molecule has 2 unspecified atom stereocenters. The van der Waals surface area contributed by atoms with Crippen molar-refractivity contribution in [1.82, 2.24) is 10.2 Å². The molecule has 0 saturated carbocycles. The van der Waals surface area contributed by atoms with E-state index in [1.807, 2.05) is 0 Å². The molecule has 0 aromatic carbocycles. The van der Waals surface area contributed by atoms with Crippen molar-refractivity contribution >= 4 is 11.8 Å². The summed E-state index contributed by atoms with van der Waals surface area (Å²) >= 11 is 0. The van der Waals surface area contributed by atoms with Gasteiger partial charge in [0, 0.05) is 19.6 Å². The molecule has 2 heterocycles. The molecule has 2 atom stereocenters. The standard InChI is InChI=1S/C12H21N3O3/c13-7-9-3-4-10(18-9)12(17)14-8-11(16)15-5-1-2-6-15/h9-10H,1-8,13H2,(H,14,17). The van der Waals surface area contributed by atoms with Gasteiger partial charge < -0.3 is 20.7 Å². The van der Waals surface area contributed by atoms with Gasteiger partial charge in [0.25, 0.3) is 0 Å². The van der Waals surface area contributed by atoms with E-state index in [0.29, 0.717) is 13.0 Å². The van der Waals surface area contributed by atoms with Gasteiger partial charge >= 0.3 is 0 Å². The van der Waals surface area contributed by atoms with Crippen molar-refractivity contribution in [2.75, 3.05) is 26.2 Å². The fraction of sp³-hybridized carbons (Fsp3) is 0.833. The number of likely N-dealkylation sites (tertiary alicyclic amines) is 1. The fourth-order valence-electron chi connectivity index (χ4n) is 2.43. The summed E-state index contributed by atoms with van der Waals surface area (Å²) in [5.74, 6) is -0.201. The van der Waals surface area contributed by atoms with Crippen LogP contribution in [0.5, 0.6) is 0 Å². The molecule has 102 valence electrons. The maximum absolute atomic E-state index is 11.8. The van der Waals surface area contributed by atoms with Crippen LogP contribution in [0.4, 0.5) is 0 Å². The SMILES string of the molecule is NCC1CCC(C(=O)NCC(=O)N2CCCC2)O1. The number of ether oxygens (including phenoxy) is 1. The largest absolute Gasteiger partial charge is 0.364 e. The number of amides is 2. The van der Waals surface area contributed by atoms with Crippen LogP contribution in [0, 0.1) is 0 Å². The number of nitrogens with one attached hydrogen (secondary N) is 1. The quantitative estimate of drug-likeness (QED) is 0.691. The average molecular weight is 255 g/mol. The first-order valence-corrected chi connectivity index (χ1v) is 6.61. The summed E-state index contributed by atoms with van der Waals surface area (Å²) in [6, 6.07) is 0. The molecular formula is C12H21N3O3. The summed E-state index contributed by atoms with van der Waals surface area (Å²) in [6.07, 6.45) is 3.16. The first-order valence-electron chi connectivity index (χ1n) is 6.61. The van der Waals surface area contributed by atoms with Crippen molar-refractivity contribution in [2.45, 2.75) is 37.9 Å². The highest BCUT2D eigenvalue weighted by molar-refractivity contribution is 5.87. The number of rotatable bonds is 4. The van der Waals surface area contributed by atoms with Crippen LogP contribution in [0.2, 0.25) is 0 Å². The monoisotopic (exact) mass is 255 g/mol. The van der Waals surface area contributed by atoms with Gasteiger partial charge in [-0.3, -0.25) is 9.59 Å². The molecule has 0 aliphatic carbocycles.